The van der Waals surface area contributed by atoms with Crippen molar-refractivity contribution < 1.29 is 4.74 Å². The van der Waals surface area contributed by atoms with E-state index in [1.807, 2.05) is 0 Å². The third kappa shape index (κ3) is 3.20. The van der Waals surface area contributed by atoms with Crippen LogP contribution in [-0.2, 0) is 6.42 Å². The molecule has 0 saturated carbocycles. The van der Waals surface area contributed by atoms with Crippen LogP contribution >= 0.6 is 0 Å². The van der Waals surface area contributed by atoms with Crippen molar-refractivity contribution in [2.24, 2.45) is 0 Å². The maximum Gasteiger partial charge on any atom is 0.129 e. The summed E-state index contributed by atoms with van der Waals surface area (Å²) in [6.07, 6.45) is 2.43. The summed E-state index contributed by atoms with van der Waals surface area (Å²) in [5.74, 6) is 0.955. The minimum Gasteiger partial charge on any atom is -0.490 e. The van der Waals surface area contributed by atoms with Crippen molar-refractivity contribution in [2.75, 3.05) is 11.9 Å². The van der Waals surface area contributed by atoms with E-state index in [4.69, 9.17) is 4.74 Å². The van der Waals surface area contributed by atoms with Gasteiger partial charge in [0.25, 0.3) is 0 Å². The molecular formula is C24H25NO. The van der Waals surface area contributed by atoms with Gasteiger partial charge in [0, 0.05) is 17.8 Å². The zero-order chi connectivity index (χ0) is 17.9. The Labute approximate surface area is 155 Å². The van der Waals surface area contributed by atoms with Crippen molar-refractivity contribution in [3.05, 3.63) is 72.3 Å². The number of ether oxygens (including phenoxy) is 1. The summed E-state index contributed by atoms with van der Waals surface area (Å²) < 4.78 is 6.22. The van der Waals surface area contributed by atoms with Crippen molar-refractivity contribution in [2.45, 2.75) is 32.8 Å². The molecule has 3 aromatic rings. The summed E-state index contributed by atoms with van der Waals surface area (Å²) in [6, 6.07) is 23.6. The molecule has 26 heavy (non-hydrogen) atoms. The molecule has 0 radical (unpaired) electrons. The number of fused-ring (bicyclic) bond motifs is 1. The Hall–Kier alpha value is -2.74. The molecular weight excluding hydrogens is 318 g/mol. The first-order valence-corrected chi connectivity index (χ1v) is 9.45. The molecule has 2 nitrogen and oxygen atoms in total. The van der Waals surface area contributed by atoms with Crippen LogP contribution in [0.1, 0.15) is 25.8 Å². The van der Waals surface area contributed by atoms with Crippen LogP contribution in [0.3, 0.4) is 0 Å². The first-order chi connectivity index (χ1) is 12.7. The molecule has 132 valence electrons. The lowest BCUT2D eigenvalue weighted by Crippen LogP contribution is -2.15. The van der Waals surface area contributed by atoms with E-state index in [1.165, 1.54) is 39.9 Å². The molecule has 0 spiro atoms. The largest absolute Gasteiger partial charge is 0.490 e. The predicted octanol–water partition coefficient (Wildman–Crippen LogP) is 6.17. The first-order valence-electron chi connectivity index (χ1n) is 9.45. The normalized spacial score (nSPS) is 13.2. The van der Waals surface area contributed by atoms with E-state index in [0.717, 1.165) is 18.7 Å². The topological polar surface area (TPSA) is 21.3 Å². The second kappa shape index (κ2) is 7.25. The highest BCUT2D eigenvalue weighted by atomic mass is 16.5. The molecule has 0 fully saturated rings. The van der Waals surface area contributed by atoms with Crippen LogP contribution in [0, 0.1) is 0 Å². The van der Waals surface area contributed by atoms with Gasteiger partial charge in [-0.05, 0) is 55.0 Å². The number of rotatable bonds is 4. The number of hydrogen-bond donors (Lipinski definition) is 1. The minimum atomic E-state index is 0.138. The third-order valence-electron chi connectivity index (χ3n) is 4.82. The lowest BCUT2D eigenvalue weighted by Gasteiger charge is -2.26. The van der Waals surface area contributed by atoms with Crippen LogP contribution in [0.4, 0.5) is 5.69 Å². The fraction of sp³-hybridized carbons (Fsp3) is 0.250. The molecule has 4 rings (SSSR count). The number of nitrogens with one attached hydrogen (secondary N) is 1. The molecule has 1 aliphatic rings. The van der Waals surface area contributed by atoms with Gasteiger partial charge in [0.15, 0.2) is 0 Å². The Bertz CT molecular complexity index is 899. The van der Waals surface area contributed by atoms with Gasteiger partial charge < -0.3 is 10.1 Å². The number of aryl methyl sites for hydroxylation is 1. The zero-order valence-electron chi connectivity index (χ0n) is 15.5. The standard InChI is InChI=1S/C24H25NO/c1-17(2)26-22-15-14-19-11-8-16-25-24(19)23(22)21-13-7-6-12-20(21)18-9-4-3-5-10-18/h3-7,9-10,12-15,17,25H,8,11,16H2,1-2H3. The maximum absolute atomic E-state index is 6.22. The molecule has 3 aromatic carbocycles. The lowest BCUT2D eigenvalue weighted by atomic mass is 9.89. The van der Waals surface area contributed by atoms with Gasteiger partial charge in [-0.1, -0.05) is 60.7 Å². The molecule has 0 bridgehead atoms. The molecule has 0 saturated heterocycles. The van der Waals surface area contributed by atoms with Gasteiger partial charge in [0.1, 0.15) is 5.75 Å². The van der Waals surface area contributed by atoms with Gasteiger partial charge in [-0.3, -0.25) is 0 Å². The Balaban J connectivity index is 1.96. The minimum absolute atomic E-state index is 0.138. The predicted molar refractivity (Wildman–Crippen MR) is 110 cm³/mol. The Kier molecular flexibility index (Phi) is 4.66. The van der Waals surface area contributed by atoms with E-state index in [2.05, 4.69) is 85.9 Å². The molecule has 1 N–H and O–H groups in total. The van der Waals surface area contributed by atoms with E-state index in [9.17, 15) is 0 Å². The van der Waals surface area contributed by atoms with Crippen molar-refractivity contribution in [3.8, 4) is 28.0 Å². The number of anilines is 1. The highest BCUT2D eigenvalue weighted by molar-refractivity contribution is 5.93. The molecule has 1 aliphatic heterocycles. The Morgan fingerprint density at radius 1 is 0.846 bits per heavy atom. The van der Waals surface area contributed by atoms with Crippen LogP contribution in [0.25, 0.3) is 22.3 Å². The summed E-state index contributed by atoms with van der Waals surface area (Å²) in [6.45, 7) is 5.18. The monoisotopic (exact) mass is 343 g/mol. The summed E-state index contributed by atoms with van der Waals surface area (Å²) in [4.78, 5) is 0. The van der Waals surface area contributed by atoms with Gasteiger partial charge in [-0.2, -0.15) is 0 Å². The van der Waals surface area contributed by atoms with Crippen LogP contribution < -0.4 is 10.1 Å². The van der Waals surface area contributed by atoms with E-state index in [0.29, 0.717) is 0 Å². The SMILES string of the molecule is CC(C)Oc1ccc2c(c1-c1ccccc1-c1ccccc1)NCCC2. The summed E-state index contributed by atoms with van der Waals surface area (Å²) >= 11 is 0. The van der Waals surface area contributed by atoms with Gasteiger partial charge >= 0.3 is 0 Å². The fourth-order valence-corrected chi connectivity index (χ4v) is 3.72. The smallest absolute Gasteiger partial charge is 0.129 e. The van der Waals surface area contributed by atoms with Crippen molar-refractivity contribution in [1.29, 1.82) is 0 Å². The van der Waals surface area contributed by atoms with Gasteiger partial charge in [-0.25, -0.2) is 0 Å². The van der Waals surface area contributed by atoms with Crippen molar-refractivity contribution >= 4 is 5.69 Å². The molecule has 2 heteroatoms. The fourth-order valence-electron chi connectivity index (χ4n) is 3.72. The third-order valence-corrected chi connectivity index (χ3v) is 4.82. The van der Waals surface area contributed by atoms with Gasteiger partial charge in [0.2, 0.25) is 0 Å². The zero-order valence-corrected chi connectivity index (χ0v) is 15.5. The molecule has 0 atom stereocenters. The van der Waals surface area contributed by atoms with Crippen LogP contribution in [0.5, 0.6) is 5.75 Å². The highest BCUT2D eigenvalue weighted by Gasteiger charge is 2.21. The van der Waals surface area contributed by atoms with E-state index in [1.54, 1.807) is 0 Å². The molecule has 0 aromatic heterocycles. The average Bonchev–Trinajstić information content (AvgIpc) is 2.68. The second-order valence-corrected chi connectivity index (χ2v) is 7.08. The summed E-state index contributed by atoms with van der Waals surface area (Å²) in [5, 5.41) is 3.64. The quantitative estimate of drug-likeness (QED) is 0.612. The van der Waals surface area contributed by atoms with Crippen molar-refractivity contribution in [3.63, 3.8) is 0 Å². The number of benzene rings is 3. The summed E-state index contributed by atoms with van der Waals surface area (Å²) in [7, 11) is 0. The first kappa shape index (κ1) is 16.7. The van der Waals surface area contributed by atoms with E-state index in [-0.39, 0.29) is 6.10 Å². The molecule has 0 unspecified atom stereocenters. The van der Waals surface area contributed by atoms with Crippen LogP contribution in [-0.4, -0.2) is 12.6 Å². The molecule has 1 heterocycles. The Morgan fingerprint density at radius 2 is 1.58 bits per heavy atom. The van der Waals surface area contributed by atoms with Gasteiger partial charge in [-0.15, -0.1) is 0 Å². The molecule has 0 amide bonds. The highest BCUT2D eigenvalue weighted by Crippen LogP contribution is 2.45. The van der Waals surface area contributed by atoms with Crippen LogP contribution in [0.15, 0.2) is 66.7 Å². The number of hydrogen-bond acceptors (Lipinski definition) is 2. The maximum atomic E-state index is 6.22. The Morgan fingerprint density at radius 3 is 2.35 bits per heavy atom. The molecule has 0 aliphatic carbocycles. The average molecular weight is 343 g/mol. The summed E-state index contributed by atoms with van der Waals surface area (Å²) in [5.41, 5.74) is 7.49. The van der Waals surface area contributed by atoms with Gasteiger partial charge in [0.05, 0.1) is 6.10 Å². The van der Waals surface area contributed by atoms with Crippen LogP contribution in [0.2, 0.25) is 0 Å². The van der Waals surface area contributed by atoms with E-state index < -0.39 is 0 Å². The van der Waals surface area contributed by atoms with Crippen molar-refractivity contribution in [1.82, 2.24) is 0 Å². The second-order valence-electron chi connectivity index (χ2n) is 7.08. The lowest BCUT2D eigenvalue weighted by molar-refractivity contribution is 0.243. The van der Waals surface area contributed by atoms with E-state index >= 15 is 0 Å².